The van der Waals surface area contributed by atoms with Gasteiger partial charge in [-0.15, -0.1) is 0 Å². The summed E-state index contributed by atoms with van der Waals surface area (Å²) in [6.07, 6.45) is 3.39. The fourth-order valence-electron chi connectivity index (χ4n) is 3.62. The van der Waals surface area contributed by atoms with Gasteiger partial charge in [0.25, 0.3) is 0 Å². The van der Waals surface area contributed by atoms with Gasteiger partial charge >= 0.3 is 0 Å². The standard InChI is InChI=1S/C20H34N2/c1-8-13(4)21-17-11-16(9-2)19-18(12-17)14(5)15(6)20(7,10-3)22-19/h11-15,21-22H,8-10H2,1-7H3. The zero-order valence-electron chi connectivity index (χ0n) is 15.5. The predicted octanol–water partition coefficient (Wildman–Crippen LogP) is 5.79. The van der Waals surface area contributed by atoms with E-state index in [-0.39, 0.29) is 5.54 Å². The summed E-state index contributed by atoms with van der Waals surface area (Å²) in [6.45, 7) is 16.2. The van der Waals surface area contributed by atoms with Gasteiger partial charge in [-0.3, -0.25) is 0 Å². The van der Waals surface area contributed by atoms with Gasteiger partial charge in [0.05, 0.1) is 0 Å². The molecule has 1 aliphatic heterocycles. The van der Waals surface area contributed by atoms with Gasteiger partial charge in [-0.1, -0.05) is 34.6 Å². The normalized spacial score (nSPS) is 28.7. The lowest BCUT2D eigenvalue weighted by Crippen LogP contribution is -2.46. The highest BCUT2D eigenvalue weighted by Crippen LogP contribution is 2.46. The average molecular weight is 303 g/mol. The molecule has 4 atom stereocenters. The molecular formula is C20H34N2. The molecule has 0 spiro atoms. The van der Waals surface area contributed by atoms with Gasteiger partial charge in [0.2, 0.25) is 0 Å². The molecule has 124 valence electrons. The molecule has 0 aliphatic carbocycles. The topological polar surface area (TPSA) is 24.1 Å². The molecule has 1 aromatic rings. The van der Waals surface area contributed by atoms with Gasteiger partial charge in [0.15, 0.2) is 0 Å². The molecule has 0 aromatic heterocycles. The van der Waals surface area contributed by atoms with Gasteiger partial charge in [-0.25, -0.2) is 0 Å². The second kappa shape index (κ2) is 6.52. The van der Waals surface area contributed by atoms with Crippen molar-refractivity contribution in [3.05, 3.63) is 23.3 Å². The van der Waals surface area contributed by atoms with Crippen LogP contribution in [0.2, 0.25) is 0 Å². The molecule has 0 amide bonds. The SMILES string of the molecule is CCc1cc(NC(C)CC)cc2c1NC(C)(CC)C(C)C2C. The molecular weight excluding hydrogens is 268 g/mol. The van der Waals surface area contributed by atoms with Crippen LogP contribution in [0.1, 0.15) is 78.4 Å². The highest BCUT2D eigenvalue weighted by molar-refractivity contribution is 5.69. The highest BCUT2D eigenvalue weighted by Gasteiger charge is 2.39. The molecule has 1 aliphatic rings. The number of nitrogens with one attached hydrogen (secondary N) is 2. The maximum absolute atomic E-state index is 3.89. The van der Waals surface area contributed by atoms with E-state index in [1.54, 1.807) is 0 Å². The number of hydrogen-bond donors (Lipinski definition) is 2. The Morgan fingerprint density at radius 1 is 1.23 bits per heavy atom. The maximum Gasteiger partial charge on any atom is 0.0413 e. The molecule has 2 nitrogen and oxygen atoms in total. The van der Waals surface area contributed by atoms with Crippen molar-refractivity contribution < 1.29 is 0 Å². The molecule has 0 fully saturated rings. The van der Waals surface area contributed by atoms with E-state index in [0.717, 1.165) is 19.3 Å². The highest BCUT2D eigenvalue weighted by atomic mass is 15.0. The van der Waals surface area contributed by atoms with Gasteiger partial charge in [0, 0.05) is 23.0 Å². The Balaban J connectivity index is 2.48. The minimum Gasteiger partial charge on any atom is -0.383 e. The van der Waals surface area contributed by atoms with Crippen LogP contribution in [0, 0.1) is 5.92 Å². The largest absolute Gasteiger partial charge is 0.383 e. The number of benzene rings is 1. The van der Waals surface area contributed by atoms with Crippen molar-refractivity contribution in [3.8, 4) is 0 Å². The molecule has 0 saturated carbocycles. The molecule has 2 N–H and O–H groups in total. The number of fused-ring (bicyclic) bond motifs is 1. The molecule has 1 heterocycles. The average Bonchev–Trinajstić information content (AvgIpc) is 2.52. The van der Waals surface area contributed by atoms with E-state index in [1.807, 2.05) is 0 Å². The summed E-state index contributed by atoms with van der Waals surface area (Å²) in [5.41, 5.74) is 5.81. The lowest BCUT2D eigenvalue weighted by Gasteiger charge is -2.46. The van der Waals surface area contributed by atoms with Crippen LogP contribution in [0.4, 0.5) is 11.4 Å². The van der Waals surface area contributed by atoms with Crippen LogP contribution in [-0.2, 0) is 6.42 Å². The number of hydrogen-bond acceptors (Lipinski definition) is 2. The van der Waals surface area contributed by atoms with Crippen LogP contribution in [-0.4, -0.2) is 11.6 Å². The van der Waals surface area contributed by atoms with Crippen LogP contribution in [0.25, 0.3) is 0 Å². The third-order valence-corrected chi connectivity index (χ3v) is 6.05. The fourth-order valence-corrected chi connectivity index (χ4v) is 3.62. The molecule has 1 aromatic carbocycles. The van der Waals surface area contributed by atoms with Crippen LogP contribution in [0.3, 0.4) is 0 Å². The fraction of sp³-hybridized carbons (Fsp3) is 0.700. The summed E-state index contributed by atoms with van der Waals surface area (Å²) in [5, 5.41) is 7.55. The first kappa shape index (κ1) is 17.2. The summed E-state index contributed by atoms with van der Waals surface area (Å²) >= 11 is 0. The number of rotatable bonds is 5. The summed E-state index contributed by atoms with van der Waals surface area (Å²) in [6, 6.07) is 5.24. The minimum absolute atomic E-state index is 0.196. The zero-order valence-corrected chi connectivity index (χ0v) is 15.5. The molecule has 0 radical (unpaired) electrons. The van der Waals surface area contributed by atoms with Crippen molar-refractivity contribution in [2.75, 3.05) is 10.6 Å². The lowest BCUT2D eigenvalue weighted by atomic mass is 9.70. The summed E-state index contributed by atoms with van der Waals surface area (Å²) in [7, 11) is 0. The minimum atomic E-state index is 0.196. The number of aryl methyl sites for hydroxylation is 1. The third kappa shape index (κ3) is 2.98. The number of anilines is 2. The van der Waals surface area contributed by atoms with E-state index in [2.05, 4.69) is 71.2 Å². The van der Waals surface area contributed by atoms with Gasteiger partial charge < -0.3 is 10.6 Å². The van der Waals surface area contributed by atoms with E-state index >= 15 is 0 Å². The van der Waals surface area contributed by atoms with Crippen LogP contribution in [0.5, 0.6) is 0 Å². The smallest absolute Gasteiger partial charge is 0.0413 e. The Labute approximate surface area is 137 Å². The van der Waals surface area contributed by atoms with Crippen molar-refractivity contribution in [1.82, 2.24) is 0 Å². The summed E-state index contributed by atoms with van der Waals surface area (Å²) < 4.78 is 0. The van der Waals surface area contributed by atoms with E-state index in [4.69, 9.17) is 0 Å². The molecule has 2 rings (SSSR count). The van der Waals surface area contributed by atoms with Gasteiger partial charge in [0.1, 0.15) is 0 Å². The first-order chi connectivity index (χ1) is 10.4. The second-order valence-electron chi connectivity index (χ2n) is 7.38. The summed E-state index contributed by atoms with van der Waals surface area (Å²) in [4.78, 5) is 0. The monoisotopic (exact) mass is 302 g/mol. The van der Waals surface area contributed by atoms with E-state index in [1.165, 1.54) is 22.5 Å². The van der Waals surface area contributed by atoms with Gasteiger partial charge in [-0.05, 0) is 68.2 Å². The van der Waals surface area contributed by atoms with Crippen LogP contribution >= 0.6 is 0 Å². The Bertz CT molecular complexity index is 523. The quantitative estimate of drug-likeness (QED) is 0.719. The Kier molecular flexibility index (Phi) is 5.09. The second-order valence-corrected chi connectivity index (χ2v) is 7.38. The van der Waals surface area contributed by atoms with Crippen molar-refractivity contribution in [1.29, 1.82) is 0 Å². The maximum atomic E-state index is 3.89. The van der Waals surface area contributed by atoms with Crippen LogP contribution < -0.4 is 10.6 Å². The Morgan fingerprint density at radius 2 is 1.91 bits per heavy atom. The van der Waals surface area contributed by atoms with E-state index < -0.39 is 0 Å². The summed E-state index contributed by atoms with van der Waals surface area (Å²) in [5.74, 6) is 1.22. The molecule has 22 heavy (non-hydrogen) atoms. The van der Waals surface area contributed by atoms with Crippen molar-refractivity contribution in [3.63, 3.8) is 0 Å². The van der Waals surface area contributed by atoms with Gasteiger partial charge in [-0.2, -0.15) is 0 Å². The predicted molar refractivity (Wildman–Crippen MR) is 99.1 cm³/mol. The molecule has 4 unspecified atom stereocenters. The van der Waals surface area contributed by atoms with Crippen molar-refractivity contribution in [2.24, 2.45) is 5.92 Å². The Morgan fingerprint density at radius 3 is 2.45 bits per heavy atom. The van der Waals surface area contributed by atoms with Crippen LogP contribution in [0.15, 0.2) is 12.1 Å². The van der Waals surface area contributed by atoms with Crippen molar-refractivity contribution >= 4 is 11.4 Å². The first-order valence-electron chi connectivity index (χ1n) is 9.07. The molecule has 2 heteroatoms. The Hall–Kier alpha value is -1.18. The van der Waals surface area contributed by atoms with E-state index in [9.17, 15) is 0 Å². The zero-order chi connectivity index (χ0) is 16.5. The van der Waals surface area contributed by atoms with Crippen molar-refractivity contribution in [2.45, 2.75) is 85.2 Å². The lowest BCUT2D eigenvalue weighted by molar-refractivity contribution is 0.284. The first-order valence-corrected chi connectivity index (χ1v) is 9.07. The molecule has 0 saturated heterocycles. The third-order valence-electron chi connectivity index (χ3n) is 6.05. The van der Waals surface area contributed by atoms with E-state index in [0.29, 0.717) is 17.9 Å². The molecule has 0 bridgehead atoms.